The molecule has 0 spiro atoms. The molecular weight excluding hydrogens is 178 g/mol. The Bertz CT molecular complexity index is 69.5. The molecule has 0 unspecified atom stereocenters. The molecule has 0 N–H and O–H groups in total. The molecule has 7 heavy (non-hydrogen) atoms. The third-order valence-corrected chi connectivity index (χ3v) is 0.756. The molecule has 4 heteroatoms. The minimum atomic E-state index is -1.35. The molecule has 0 bridgehead atoms. The van der Waals surface area contributed by atoms with Crippen LogP contribution in [0.2, 0.25) is 0 Å². The summed E-state index contributed by atoms with van der Waals surface area (Å²) in [6.07, 6.45) is 1.25. The molecule has 0 aromatic heterocycles. The molecular formula is C3H2Cl4. The van der Waals surface area contributed by atoms with E-state index in [0.717, 1.165) is 5.54 Å². The second-order valence-electron chi connectivity index (χ2n) is 0.834. The highest BCUT2D eigenvalue weighted by molar-refractivity contribution is 6.69. The minimum Gasteiger partial charge on any atom is -0.0931 e. The van der Waals surface area contributed by atoms with E-state index in [2.05, 4.69) is 0 Å². The van der Waals surface area contributed by atoms with Crippen LogP contribution >= 0.6 is 46.4 Å². The van der Waals surface area contributed by atoms with Gasteiger partial charge in [0.15, 0.2) is 0 Å². The monoisotopic (exact) mass is 178 g/mol. The second kappa shape index (κ2) is 3.03. The molecule has 0 radical (unpaired) electrons. The molecule has 42 valence electrons. The van der Waals surface area contributed by atoms with Gasteiger partial charge in [-0.2, -0.15) is 0 Å². The van der Waals surface area contributed by atoms with Gasteiger partial charge in [-0.1, -0.05) is 46.4 Å². The van der Waals surface area contributed by atoms with Gasteiger partial charge in [-0.05, 0) is 6.08 Å². The van der Waals surface area contributed by atoms with Crippen LogP contribution in [0.15, 0.2) is 11.6 Å². The predicted molar refractivity (Wildman–Crippen MR) is 35.3 cm³/mol. The summed E-state index contributed by atoms with van der Waals surface area (Å²) in [6.45, 7) is 0. The van der Waals surface area contributed by atoms with Crippen LogP contribution in [-0.2, 0) is 0 Å². The highest BCUT2D eigenvalue weighted by Crippen LogP contribution is 2.27. The molecule has 0 amide bonds. The van der Waals surface area contributed by atoms with Gasteiger partial charge < -0.3 is 0 Å². The van der Waals surface area contributed by atoms with Crippen molar-refractivity contribution in [3.8, 4) is 0 Å². The van der Waals surface area contributed by atoms with Crippen molar-refractivity contribution in [2.45, 2.75) is 3.79 Å². The van der Waals surface area contributed by atoms with Gasteiger partial charge in [0.25, 0.3) is 0 Å². The van der Waals surface area contributed by atoms with E-state index >= 15 is 0 Å². The minimum absolute atomic E-state index is 1.16. The highest BCUT2D eigenvalue weighted by Gasteiger charge is 2.12. The van der Waals surface area contributed by atoms with Gasteiger partial charge in [-0.15, -0.1) is 0 Å². The maximum atomic E-state index is 5.19. The predicted octanol–water partition coefficient (Wildman–Crippen LogP) is 3.11. The third-order valence-electron chi connectivity index (χ3n) is 0.252. The largest absolute Gasteiger partial charge is 0.210 e. The van der Waals surface area contributed by atoms with E-state index in [1.54, 1.807) is 0 Å². The SMILES string of the molecule is ClC=CC(Cl)(Cl)Cl. The fourth-order valence-corrected chi connectivity index (χ4v) is 0.643. The number of hydrogen-bond acceptors (Lipinski definition) is 0. The summed E-state index contributed by atoms with van der Waals surface area (Å²) in [5.74, 6) is 0. The third kappa shape index (κ3) is 6.90. The van der Waals surface area contributed by atoms with Gasteiger partial charge in [0.2, 0.25) is 3.79 Å². The average molecular weight is 180 g/mol. The zero-order valence-electron chi connectivity index (χ0n) is 3.17. The Morgan fingerprint density at radius 2 is 1.57 bits per heavy atom. The molecule has 0 aliphatic carbocycles. The first-order valence-corrected chi connectivity index (χ1v) is 2.98. The van der Waals surface area contributed by atoms with Crippen molar-refractivity contribution in [1.29, 1.82) is 0 Å². The van der Waals surface area contributed by atoms with E-state index in [-0.39, 0.29) is 0 Å². The van der Waals surface area contributed by atoms with Crippen molar-refractivity contribution in [2.24, 2.45) is 0 Å². The summed E-state index contributed by atoms with van der Waals surface area (Å²) in [5.41, 5.74) is 1.16. The maximum Gasteiger partial charge on any atom is 0.210 e. The fourth-order valence-electron chi connectivity index (χ4n) is 0.0714. The number of hydrogen-bond donors (Lipinski definition) is 0. The van der Waals surface area contributed by atoms with E-state index in [0.29, 0.717) is 0 Å². The molecule has 0 saturated heterocycles. The summed E-state index contributed by atoms with van der Waals surface area (Å²) in [7, 11) is 0. The van der Waals surface area contributed by atoms with Gasteiger partial charge in [-0.25, -0.2) is 0 Å². The molecule has 0 aliphatic heterocycles. The summed E-state index contributed by atoms with van der Waals surface area (Å²) < 4.78 is -1.35. The zero-order valence-corrected chi connectivity index (χ0v) is 6.19. The van der Waals surface area contributed by atoms with E-state index in [4.69, 9.17) is 46.4 Å². The molecule has 0 aromatic rings. The highest BCUT2D eigenvalue weighted by atomic mass is 35.6. The summed E-state index contributed by atoms with van der Waals surface area (Å²) >= 11 is 20.6. The Balaban J connectivity index is 3.56. The molecule has 0 fully saturated rings. The smallest absolute Gasteiger partial charge is 0.0931 e. The van der Waals surface area contributed by atoms with Crippen LogP contribution in [-0.4, -0.2) is 3.79 Å². The van der Waals surface area contributed by atoms with Crippen molar-refractivity contribution in [3.05, 3.63) is 11.6 Å². The van der Waals surface area contributed by atoms with Crippen molar-refractivity contribution in [2.75, 3.05) is 0 Å². The van der Waals surface area contributed by atoms with Crippen molar-refractivity contribution in [3.63, 3.8) is 0 Å². The zero-order chi connectivity index (χ0) is 5.91. The molecule has 0 nitrogen and oxygen atoms in total. The molecule has 0 aromatic carbocycles. The van der Waals surface area contributed by atoms with Crippen molar-refractivity contribution >= 4 is 46.4 Å². The molecule has 0 aliphatic rings. The standard InChI is InChI=1S/C3H2Cl4/c4-2-1-3(5,6)7/h1-2H. The van der Waals surface area contributed by atoms with E-state index in [1.807, 2.05) is 0 Å². The number of alkyl halides is 3. The normalized spacial score (nSPS) is 13.1. The fraction of sp³-hybridized carbons (Fsp3) is 0.333. The molecule has 0 rings (SSSR count). The Labute approximate surface area is 62.0 Å². The second-order valence-corrected chi connectivity index (χ2v) is 3.46. The topological polar surface area (TPSA) is 0 Å². The molecule has 0 heterocycles. The first-order chi connectivity index (χ1) is 3.06. The van der Waals surface area contributed by atoms with Crippen LogP contribution < -0.4 is 0 Å². The van der Waals surface area contributed by atoms with Gasteiger partial charge >= 0.3 is 0 Å². The summed E-state index contributed by atoms with van der Waals surface area (Å²) in [6, 6.07) is 0. The number of halogens is 4. The summed E-state index contributed by atoms with van der Waals surface area (Å²) in [4.78, 5) is 0. The van der Waals surface area contributed by atoms with Gasteiger partial charge in [-0.3, -0.25) is 0 Å². The molecule has 0 atom stereocenters. The van der Waals surface area contributed by atoms with Gasteiger partial charge in [0.1, 0.15) is 0 Å². The quantitative estimate of drug-likeness (QED) is 0.502. The van der Waals surface area contributed by atoms with Crippen LogP contribution in [0.5, 0.6) is 0 Å². The maximum absolute atomic E-state index is 5.19. The van der Waals surface area contributed by atoms with Crippen LogP contribution in [0.4, 0.5) is 0 Å². The number of rotatable bonds is 0. The van der Waals surface area contributed by atoms with E-state index in [9.17, 15) is 0 Å². The average Bonchev–Trinajstić information content (AvgIpc) is 1.30. The van der Waals surface area contributed by atoms with Crippen LogP contribution in [0.3, 0.4) is 0 Å². The number of allylic oxidation sites excluding steroid dienone is 1. The van der Waals surface area contributed by atoms with Gasteiger partial charge in [0.05, 0.1) is 0 Å². The Morgan fingerprint density at radius 3 is 1.57 bits per heavy atom. The Morgan fingerprint density at radius 1 is 1.14 bits per heavy atom. The van der Waals surface area contributed by atoms with Crippen LogP contribution in [0.1, 0.15) is 0 Å². The van der Waals surface area contributed by atoms with Crippen LogP contribution in [0.25, 0.3) is 0 Å². The van der Waals surface area contributed by atoms with Crippen molar-refractivity contribution < 1.29 is 0 Å². The van der Waals surface area contributed by atoms with Crippen LogP contribution in [0, 0.1) is 0 Å². The van der Waals surface area contributed by atoms with Crippen molar-refractivity contribution in [1.82, 2.24) is 0 Å². The first kappa shape index (κ1) is 7.90. The van der Waals surface area contributed by atoms with E-state index < -0.39 is 3.79 Å². The van der Waals surface area contributed by atoms with Gasteiger partial charge in [0, 0.05) is 5.54 Å². The Kier molecular flexibility index (Phi) is 3.42. The van der Waals surface area contributed by atoms with E-state index in [1.165, 1.54) is 6.08 Å². The lowest BCUT2D eigenvalue weighted by Gasteiger charge is -1.98. The Hall–Kier alpha value is 0.900. The first-order valence-electron chi connectivity index (χ1n) is 1.41. The summed E-state index contributed by atoms with van der Waals surface area (Å²) in [5, 5.41) is 0. The lowest BCUT2D eigenvalue weighted by molar-refractivity contribution is 1.48. The molecule has 0 saturated carbocycles. The lowest BCUT2D eigenvalue weighted by Crippen LogP contribution is -1.92. The lowest BCUT2D eigenvalue weighted by atomic mass is 10.7.